The van der Waals surface area contributed by atoms with Gasteiger partial charge in [-0.25, -0.2) is 31.2 Å². The smallest absolute Gasteiger partial charge is 0.322 e. The Morgan fingerprint density at radius 3 is 2.22 bits per heavy atom. The van der Waals surface area contributed by atoms with Gasteiger partial charge in [-0.3, -0.25) is 4.79 Å². The molecule has 0 aliphatic rings. The van der Waals surface area contributed by atoms with Crippen LogP contribution in [0.4, 0.5) is 8.78 Å². The average Bonchev–Trinajstić information content (AvgIpc) is 2.84. The van der Waals surface area contributed by atoms with E-state index in [9.17, 15) is 26.8 Å². The molecule has 8 nitrogen and oxygen atoms in total. The van der Waals surface area contributed by atoms with Gasteiger partial charge in [0.2, 0.25) is 0 Å². The van der Waals surface area contributed by atoms with Gasteiger partial charge in [0, 0.05) is 24.3 Å². The number of hydrogen-bond donors (Lipinski definition) is 1. The number of sulfone groups is 1. The van der Waals surface area contributed by atoms with Crippen LogP contribution in [0.1, 0.15) is 22.9 Å². The maximum atomic E-state index is 14.7. The van der Waals surface area contributed by atoms with Crippen molar-refractivity contribution in [2.75, 3.05) is 6.26 Å². The largest absolute Gasteiger partial charge is 0.352 e. The van der Waals surface area contributed by atoms with Crippen molar-refractivity contribution in [2.45, 2.75) is 23.9 Å². The van der Waals surface area contributed by atoms with E-state index in [0.717, 1.165) is 23.1 Å². The van der Waals surface area contributed by atoms with Gasteiger partial charge in [-0.2, -0.15) is 5.10 Å². The van der Waals surface area contributed by atoms with Crippen molar-refractivity contribution in [3.8, 4) is 5.69 Å². The van der Waals surface area contributed by atoms with Gasteiger partial charge in [-0.05, 0) is 29.8 Å². The first-order chi connectivity index (χ1) is 17.1. The Bertz CT molecular complexity index is 1650. The molecule has 4 aromatic rings. The number of nitrogens with zero attached hydrogens (tertiary/aromatic N) is 3. The minimum absolute atomic E-state index is 0.180. The van der Waals surface area contributed by atoms with Crippen LogP contribution in [0.3, 0.4) is 0 Å². The molecule has 2 N–H and O–H groups in total. The fourth-order valence-corrected chi connectivity index (χ4v) is 4.80. The molecule has 0 bridgehead atoms. The first kappa shape index (κ1) is 25.1. The lowest BCUT2D eigenvalue weighted by Gasteiger charge is -2.17. The molecular weight excluding hydrogens is 490 g/mol. The van der Waals surface area contributed by atoms with Crippen molar-refractivity contribution < 1.29 is 17.2 Å². The highest BCUT2D eigenvalue weighted by Crippen LogP contribution is 2.21. The third kappa shape index (κ3) is 5.02. The highest BCUT2D eigenvalue weighted by Gasteiger charge is 2.23. The summed E-state index contributed by atoms with van der Waals surface area (Å²) in [7, 11) is -3.86. The van der Waals surface area contributed by atoms with Crippen molar-refractivity contribution in [1.82, 2.24) is 14.3 Å². The normalized spacial score (nSPS) is 12.4. The van der Waals surface area contributed by atoms with Gasteiger partial charge in [0.05, 0.1) is 17.1 Å². The van der Waals surface area contributed by atoms with E-state index >= 15 is 0 Å². The highest BCUT2D eigenvalue weighted by atomic mass is 32.2. The lowest BCUT2D eigenvalue weighted by Crippen LogP contribution is -2.44. The van der Waals surface area contributed by atoms with E-state index in [4.69, 9.17) is 5.73 Å². The van der Waals surface area contributed by atoms with Crippen LogP contribution in [-0.4, -0.2) is 29.0 Å². The van der Waals surface area contributed by atoms with Gasteiger partial charge in [0.25, 0.3) is 5.56 Å². The molecule has 0 spiro atoms. The van der Waals surface area contributed by atoms with Gasteiger partial charge >= 0.3 is 5.69 Å². The zero-order valence-electron chi connectivity index (χ0n) is 19.1. The summed E-state index contributed by atoms with van der Waals surface area (Å²) in [5.74, 6) is -1.70. The van der Waals surface area contributed by atoms with Crippen LogP contribution in [0.25, 0.3) is 5.69 Å². The maximum Gasteiger partial charge on any atom is 0.352 e. The molecule has 0 radical (unpaired) electrons. The first-order valence-corrected chi connectivity index (χ1v) is 12.7. The van der Waals surface area contributed by atoms with Crippen LogP contribution in [0.5, 0.6) is 0 Å². The molecule has 0 aliphatic carbocycles. The molecule has 0 saturated heterocycles. The average molecular weight is 513 g/mol. The van der Waals surface area contributed by atoms with Crippen molar-refractivity contribution >= 4 is 9.84 Å². The summed E-state index contributed by atoms with van der Waals surface area (Å²) >= 11 is 0. The zero-order valence-corrected chi connectivity index (χ0v) is 20.0. The fourth-order valence-electron chi connectivity index (χ4n) is 3.86. The van der Waals surface area contributed by atoms with Crippen molar-refractivity contribution in [3.05, 3.63) is 122 Å². The third-order valence-corrected chi connectivity index (χ3v) is 6.80. The Morgan fingerprint density at radius 2 is 1.56 bits per heavy atom. The molecule has 0 saturated carbocycles. The Balaban J connectivity index is 1.93. The topological polar surface area (TPSA) is 117 Å². The predicted octanol–water partition coefficient (Wildman–Crippen LogP) is 2.37. The standard InChI is InChI=1S/C25H22F2N4O4S/c1-36(34,35)23-13-7-11-18(26)17(23)14-21-24(32)31(22-12-6-5-10-19(22)27)25(33)30(29-21)15-20(28)16-8-3-2-4-9-16/h2-13,20H,14-15,28H2,1H3. The van der Waals surface area contributed by atoms with E-state index in [1.165, 1.54) is 30.3 Å². The van der Waals surface area contributed by atoms with Crippen molar-refractivity contribution in [1.29, 1.82) is 0 Å². The van der Waals surface area contributed by atoms with Crippen LogP contribution in [0, 0.1) is 11.6 Å². The number of halogens is 2. The molecule has 1 aromatic heterocycles. The van der Waals surface area contributed by atoms with Crippen LogP contribution in [-0.2, 0) is 22.8 Å². The quantitative estimate of drug-likeness (QED) is 0.406. The number of rotatable bonds is 7. The predicted molar refractivity (Wildman–Crippen MR) is 130 cm³/mol. The highest BCUT2D eigenvalue weighted by molar-refractivity contribution is 7.90. The monoisotopic (exact) mass is 512 g/mol. The Kier molecular flexibility index (Phi) is 6.95. The Morgan fingerprint density at radius 1 is 0.917 bits per heavy atom. The van der Waals surface area contributed by atoms with Crippen molar-refractivity contribution in [2.24, 2.45) is 5.73 Å². The number of hydrogen-bond acceptors (Lipinski definition) is 6. The second-order valence-corrected chi connectivity index (χ2v) is 10.2. The summed E-state index contributed by atoms with van der Waals surface area (Å²) in [6.45, 7) is -0.180. The van der Waals surface area contributed by atoms with Gasteiger partial charge in [-0.15, -0.1) is 0 Å². The molecule has 11 heteroatoms. The Hall–Kier alpha value is -3.96. The van der Waals surface area contributed by atoms with E-state index in [2.05, 4.69) is 5.10 Å². The molecule has 1 atom stereocenters. The van der Waals surface area contributed by atoms with Crippen molar-refractivity contribution in [3.63, 3.8) is 0 Å². The molecule has 0 aliphatic heterocycles. The number of para-hydroxylation sites is 1. The molecule has 4 rings (SSSR count). The summed E-state index contributed by atoms with van der Waals surface area (Å²) in [6.07, 6.45) is 0.360. The van der Waals surface area contributed by atoms with Gasteiger partial charge < -0.3 is 5.73 Å². The van der Waals surface area contributed by atoms with Crippen LogP contribution < -0.4 is 17.0 Å². The number of nitrogens with two attached hydrogens (primary N) is 1. The van der Waals surface area contributed by atoms with E-state index in [0.29, 0.717) is 10.1 Å². The molecule has 3 aromatic carbocycles. The molecular formula is C25H22F2N4O4S. The summed E-state index contributed by atoms with van der Waals surface area (Å²) < 4.78 is 55.4. The molecule has 36 heavy (non-hydrogen) atoms. The number of aromatic nitrogens is 3. The molecule has 186 valence electrons. The van der Waals surface area contributed by atoms with E-state index in [1.54, 1.807) is 30.3 Å². The maximum absolute atomic E-state index is 14.7. The molecule has 0 fully saturated rings. The summed E-state index contributed by atoms with van der Waals surface area (Å²) in [4.78, 5) is 26.3. The minimum Gasteiger partial charge on any atom is -0.322 e. The van der Waals surface area contributed by atoms with Gasteiger partial charge in [0.1, 0.15) is 17.3 Å². The van der Waals surface area contributed by atoms with E-state index in [-0.39, 0.29) is 28.4 Å². The lowest BCUT2D eigenvalue weighted by atomic mass is 10.1. The van der Waals surface area contributed by atoms with Gasteiger partial charge in [-0.1, -0.05) is 48.5 Å². The van der Waals surface area contributed by atoms with E-state index in [1.807, 2.05) is 0 Å². The molecule has 1 unspecified atom stereocenters. The van der Waals surface area contributed by atoms with Crippen LogP contribution in [0.2, 0.25) is 0 Å². The lowest BCUT2D eigenvalue weighted by molar-refractivity contribution is 0.466. The SMILES string of the molecule is CS(=O)(=O)c1cccc(F)c1Cc1nn(CC(N)c2ccccc2)c(=O)n(-c2ccccc2F)c1=O. The molecule has 0 amide bonds. The fraction of sp³-hybridized carbons (Fsp3) is 0.160. The third-order valence-electron chi connectivity index (χ3n) is 5.61. The van der Waals surface area contributed by atoms with Crippen LogP contribution in [0.15, 0.2) is 87.3 Å². The summed E-state index contributed by atoms with van der Waals surface area (Å²) in [5.41, 5.74) is 4.03. The second kappa shape index (κ2) is 9.96. The zero-order chi connectivity index (χ0) is 26.0. The second-order valence-electron chi connectivity index (χ2n) is 8.19. The summed E-state index contributed by atoms with van der Waals surface area (Å²) in [6, 6.07) is 16.8. The Labute approximate surface area is 205 Å². The van der Waals surface area contributed by atoms with Gasteiger partial charge in [0.15, 0.2) is 9.84 Å². The summed E-state index contributed by atoms with van der Waals surface area (Å²) in [5, 5.41) is 4.12. The van der Waals surface area contributed by atoms with Crippen LogP contribution >= 0.6 is 0 Å². The number of benzene rings is 3. The minimum atomic E-state index is -3.86. The first-order valence-electron chi connectivity index (χ1n) is 10.8. The van der Waals surface area contributed by atoms with E-state index < -0.39 is 45.2 Å². The molecule has 1 heterocycles.